The van der Waals surface area contributed by atoms with Gasteiger partial charge >= 0.3 is 5.69 Å². The number of halogens is 1. The van der Waals surface area contributed by atoms with Crippen LogP contribution in [0.3, 0.4) is 0 Å². The summed E-state index contributed by atoms with van der Waals surface area (Å²) in [5, 5.41) is 3.26. The number of hydrogen-bond acceptors (Lipinski definition) is 6. The van der Waals surface area contributed by atoms with E-state index in [9.17, 15) is 14.0 Å². The number of nitrogens with zero attached hydrogens (tertiary/aromatic N) is 3. The maximum Gasteiger partial charge on any atom is 0.352 e. The Morgan fingerprint density at radius 3 is 2.46 bits per heavy atom. The molecule has 9 heteroatoms. The van der Waals surface area contributed by atoms with Crippen LogP contribution in [0, 0.1) is 5.82 Å². The molecule has 0 radical (unpaired) electrons. The predicted octanol–water partition coefficient (Wildman–Crippen LogP) is 6.81. The van der Waals surface area contributed by atoms with Gasteiger partial charge in [-0.1, -0.05) is 43.3 Å². The van der Waals surface area contributed by atoms with Crippen molar-refractivity contribution in [3.05, 3.63) is 113 Å². The SMILES string of the molecule is C=Cc1ccc(-n2cc(-c3cc4c(C(=O)NC)c(-c5ccc(F)cc5)oc4cc3N(C)SC)cnc2=O)cc1C=C. The molecule has 0 fully saturated rings. The maximum absolute atomic E-state index is 13.7. The highest BCUT2D eigenvalue weighted by atomic mass is 32.2. The lowest BCUT2D eigenvalue weighted by molar-refractivity contribution is 0.0964. The van der Waals surface area contributed by atoms with Gasteiger partial charge in [-0.2, -0.15) is 0 Å². The van der Waals surface area contributed by atoms with Crippen molar-refractivity contribution in [2.75, 3.05) is 24.7 Å². The molecular weight excluding hydrogens is 539 g/mol. The summed E-state index contributed by atoms with van der Waals surface area (Å²) in [7, 11) is 3.45. The molecular formula is C32H27FN4O3S. The van der Waals surface area contributed by atoms with Crippen LogP contribution in [0.15, 0.2) is 89.4 Å². The molecule has 0 aliphatic rings. The summed E-state index contributed by atoms with van der Waals surface area (Å²) < 4.78 is 23.3. The van der Waals surface area contributed by atoms with Crippen LogP contribution in [-0.2, 0) is 0 Å². The summed E-state index contributed by atoms with van der Waals surface area (Å²) in [6.45, 7) is 7.70. The second-order valence-electron chi connectivity index (χ2n) is 9.15. The molecule has 2 heterocycles. The molecule has 206 valence electrons. The van der Waals surface area contributed by atoms with E-state index >= 15 is 0 Å². The fourth-order valence-corrected chi connectivity index (χ4v) is 5.04. The van der Waals surface area contributed by atoms with E-state index in [-0.39, 0.29) is 11.7 Å². The summed E-state index contributed by atoms with van der Waals surface area (Å²) in [5.41, 5.74) is 5.47. The van der Waals surface area contributed by atoms with Crippen LogP contribution >= 0.6 is 11.9 Å². The zero-order chi connectivity index (χ0) is 29.3. The lowest BCUT2D eigenvalue weighted by atomic mass is 9.99. The number of fused-ring (bicyclic) bond motifs is 1. The molecule has 5 rings (SSSR count). The van der Waals surface area contributed by atoms with E-state index in [1.54, 1.807) is 37.5 Å². The molecule has 7 nitrogen and oxygen atoms in total. The van der Waals surface area contributed by atoms with Gasteiger partial charge in [-0.15, -0.1) is 0 Å². The highest BCUT2D eigenvalue weighted by Gasteiger charge is 2.24. The first-order chi connectivity index (χ1) is 19.8. The van der Waals surface area contributed by atoms with Crippen molar-refractivity contribution in [3.8, 4) is 28.1 Å². The normalized spacial score (nSPS) is 10.9. The van der Waals surface area contributed by atoms with E-state index in [1.807, 2.05) is 47.9 Å². The number of benzene rings is 3. The Bertz CT molecular complexity index is 1880. The molecule has 0 atom stereocenters. The average Bonchev–Trinajstić information content (AvgIpc) is 3.38. The van der Waals surface area contributed by atoms with Crippen LogP contribution in [0.25, 0.3) is 51.3 Å². The molecule has 0 spiro atoms. The topological polar surface area (TPSA) is 80.4 Å². The highest BCUT2D eigenvalue weighted by Crippen LogP contribution is 2.41. The summed E-state index contributed by atoms with van der Waals surface area (Å²) in [5.74, 6) is -0.404. The van der Waals surface area contributed by atoms with E-state index in [0.717, 1.165) is 22.4 Å². The molecule has 0 saturated heterocycles. The molecule has 0 bridgehead atoms. The Labute approximate surface area is 240 Å². The first kappa shape index (κ1) is 27.7. The number of rotatable bonds is 8. The first-order valence-electron chi connectivity index (χ1n) is 12.6. The van der Waals surface area contributed by atoms with Crippen molar-refractivity contribution in [1.29, 1.82) is 0 Å². The standard InChI is InChI=1S/C32H27FN4O3S/c1-6-19-10-13-24(14-20(19)7-2)37-18-22(17-35-32(37)39)25-15-26-28(16-27(25)36(4)41-5)40-30(29(26)31(38)34-3)21-8-11-23(33)12-9-21/h6-18H,1-2H2,3-5H3,(H,34,38). The Balaban J connectivity index is 1.77. The summed E-state index contributed by atoms with van der Waals surface area (Å²) in [4.78, 5) is 30.2. The molecule has 2 aromatic heterocycles. The summed E-state index contributed by atoms with van der Waals surface area (Å²) >= 11 is 1.49. The minimum absolute atomic E-state index is 0.325. The number of nitrogens with one attached hydrogen (secondary N) is 1. The van der Waals surface area contributed by atoms with E-state index in [2.05, 4.69) is 23.5 Å². The van der Waals surface area contributed by atoms with Gasteiger partial charge in [-0.25, -0.2) is 14.2 Å². The quantitative estimate of drug-likeness (QED) is 0.208. The van der Waals surface area contributed by atoms with Crippen molar-refractivity contribution in [3.63, 3.8) is 0 Å². The zero-order valence-corrected chi connectivity index (χ0v) is 23.6. The molecule has 0 aliphatic heterocycles. The zero-order valence-electron chi connectivity index (χ0n) is 22.8. The largest absolute Gasteiger partial charge is 0.455 e. The average molecular weight is 567 g/mol. The van der Waals surface area contributed by atoms with Crippen molar-refractivity contribution >= 4 is 46.7 Å². The molecule has 0 unspecified atom stereocenters. The molecule has 0 saturated carbocycles. The number of amides is 1. The number of hydrogen-bond donors (Lipinski definition) is 1. The molecule has 41 heavy (non-hydrogen) atoms. The third-order valence-corrected chi connectivity index (χ3v) is 7.61. The fraction of sp³-hybridized carbons (Fsp3) is 0.0938. The minimum Gasteiger partial charge on any atom is -0.455 e. The van der Waals surface area contributed by atoms with Gasteiger partial charge in [0, 0.05) is 60.9 Å². The Hall–Kier alpha value is -4.89. The van der Waals surface area contributed by atoms with Gasteiger partial charge < -0.3 is 14.0 Å². The summed E-state index contributed by atoms with van der Waals surface area (Å²) in [6, 6.07) is 15.0. The van der Waals surface area contributed by atoms with Gasteiger partial charge in [0.25, 0.3) is 5.91 Å². The van der Waals surface area contributed by atoms with Gasteiger partial charge in [0.05, 0.1) is 16.9 Å². The fourth-order valence-electron chi connectivity index (χ4n) is 4.69. The minimum atomic E-state index is -0.441. The van der Waals surface area contributed by atoms with E-state index in [0.29, 0.717) is 39.1 Å². The maximum atomic E-state index is 13.7. The smallest absolute Gasteiger partial charge is 0.352 e. The number of carbonyl (C=O) groups is 1. The van der Waals surface area contributed by atoms with Crippen LogP contribution in [-0.4, -0.2) is 35.8 Å². The molecule has 1 amide bonds. The second-order valence-corrected chi connectivity index (χ2v) is 10.1. The van der Waals surface area contributed by atoms with E-state index in [1.165, 1.54) is 34.8 Å². The van der Waals surface area contributed by atoms with Gasteiger partial charge in [-0.05, 0) is 53.6 Å². The van der Waals surface area contributed by atoms with E-state index < -0.39 is 5.69 Å². The number of furan rings is 1. The summed E-state index contributed by atoms with van der Waals surface area (Å²) in [6.07, 6.45) is 8.62. The van der Waals surface area contributed by atoms with E-state index in [4.69, 9.17) is 4.42 Å². The Morgan fingerprint density at radius 2 is 1.80 bits per heavy atom. The first-order valence-corrected chi connectivity index (χ1v) is 13.8. The lowest BCUT2D eigenvalue weighted by Gasteiger charge is -2.20. The van der Waals surface area contributed by atoms with Crippen LogP contribution < -0.4 is 15.3 Å². The van der Waals surface area contributed by atoms with Crippen molar-refractivity contribution < 1.29 is 13.6 Å². The second kappa shape index (κ2) is 11.3. The monoisotopic (exact) mass is 566 g/mol. The highest BCUT2D eigenvalue weighted by molar-refractivity contribution is 7.99. The van der Waals surface area contributed by atoms with Gasteiger partial charge in [-0.3, -0.25) is 9.36 Å². The number of carbonyl (C=O) groups excluding carboxylic acids is 1. The van der Waals surface area contributed by atoms with Crippen LogP contribution in [0.4, 0.5) is 10.1 Å². The predicted molar refractivity (Wildman–Crippen MR) is 166 cm³/mol. The molecule has 5 aromatic rings. The Kier molecular flexibility index (Phi) is 7.63. The van der Waals surface area contributed by atoms with Crippen LogP contribution in [0.2, 0.25) is 0 Å². The third-order valence-electron chi connectivity index (χ3n) is 6.87. The molecule has 1 N–H and O–H groups in total. The lowest BCUT2D eigenvalue weighted by Crippen LogP contribution is -2.21. The van der Waals surface area contributed by atoms with Gasteiger partial charge in [0.15, 0.2) is 0 Å². The van der Waals surface area contributed by atoms with Crippen LogP contribution in [0.5, 0.6) is 0 Å². The van der Waals surface area contributed by atoms with Gasteiger partial charge in [0.1, 0.15) is 17.2 Å². The molecule has 0 aliphatic carbocycles. The van der Waals surface area contributed by atoms with Crippen molar-refractivity contribution in [1.82, 2.24) is 14.9 Å². The number of anilines is 1. The number of aromatic nitrogens is 2. The van der Waals surface area contributed by atoms with Crippen molar-refractivity contribution in [2.24, 2.45) is 0 Å². The van der Waals surface area contributed by atoms with Gasteiger partial charge in [0.2, 0.25) is 0 Å². The third kappa shape index (κ3) is 5.07. The molecule has 3 aromatic carbocycles. The van der Waals surface area contributed by atoms with Crippen molar-refractivity contribution in [2.45, 2.75) is 0 Å². The Morgan fingerprint density at radius 1 is 1.07 bits per heavy atom. The van der Waals surface area contributed by atoms with Crippen LogP contribution in [0.1, 0.15) is 21.5 Å².